The highest BCUT2D eigenvalue weighted by Crippen LogP contribution is 2.32. The van der Waals surface area contributed by atoms with Crippen LogP contribution in [0, 0.1) is 12.7 Å². The number of hydrogen-bond acceptors (Lipinski definition) is 1. The van der Waals surface area contributed by atoms with Crippen LogP contribution in [0.4, 0.5) is 13.2 Å². The Hall–Kier alpha value is -1.97. The fourth-order valence-electron chi connectivity index (χ4n) is 2.00. The van der Waals surface area contributed by atoms with Gasteiger partial charge in [0.2, 0.25) is 0 Å². The summed E-state index contributed by atoms with van der Waals surface area (Å²) in [7, 11) is 0. The Morgan fingerprint density at radius 3 is 2.29 bits per heavy atom. The van der Waals surface area contributed by atoms with Crippen LogP contribution in [0.2, 0.25) is 0 Å². The van der Waals surface area contributed by atoms with Crippen molar-refractivity contribution in [2.75, 3.05) is 0 Å². The molecule has 0 bridgehead atoms. The highest BCUT2D eigenvalue weighted by molar-refractivity contribution is 5.30. The van der Waals surface area contributed by atoms with E-state index in [1.807, 2.05) is 6.92 Å². The molecule has 1 nitrogen and oxygen atoms in total. The minimum atomic E-state index is -3.49. The van der Waals surface area contributed by atoms with Crippen molar-refractivity contribution in [3.8, 4) is 5.75 Å². The summed E-state index contributed by atoms with van der Waals surface area (Å²) < 4.78 is 46.1. The molecule has 0 aromatic heterocycles. The summed E-state index contributed by atoms with van der Waals surface area (Å²) in [6, 6.07) is 9.71. The monoisotopic (exact) mass is 294 g/mol. The second kappa shape index (κ2) is 6.20. The summed E-state index contributed by atoms with van der Waals surface area (Å²) in [5.41, 5.74) is 1.14. The molecule has 0 saturated carbocycles. The van der Waals surface area contributed by atoms with Crippen LogP contribution in [0.1, 0.15) is 30.0 Å². The van der Waals surface area contributed by atoms with Crippen LogP contribution in [0.3, 0.4) is 0 Å². The van der Waals surface area contributed by atoms with Gasteiger partial charge in [-0.1, -0.05) is 31.5 Å². The molecule has 2 aromatic rings. The Balaban J connectivity index is 2.18. The molecule has 0 aliphatic carbocycles. The van der Waals surface area contributed by atoms with Crippen molar-refractivity contribution in [3.63, 3.8) is 0 Å². The topological polar surface area (TPSA) is 9.23 Å². The molecule has 0 saturated heterocycles. The van der Waals surface area contributed by atoms with Crippen LogP contribution < -0.4 is 4.74 Å². The molecular formula is C17H17F3O. The summed E-state index contributed by atoms with van der Waals surface area (Å²) in [6.45, 7) is 3.58. The van der Waals surface area contributed by atoms with Crippen molar-refractivity contribution in [1.82, 2.24) is 0 Å². The Labute approximate surface area is 122 Å². The van der Waals surface area contributed by atoms with Crippen LogP contribution in [0.15, 0.2) is 42.5 Å². The SMILES string of the molecule is CCCc1ccc(C(F)(F)Oc2ccc(C)c(F)c2)cc1. The van der Waals surface area contributed by atoms with Crippen molar-refractivity contribution in [2.24, 2.45) is 0 Å². The van der Waals surface area contributed by atoms with Crippen LogP contribution in [0.25, 0.3) is 0 Å². The Morgan fingerprint density at radius 1 is 1.05 bits per heavy atom. The molecule has 0 heterocycles. The molecule has 0 aliphatic heterocycles. The van der Waals surface area contributed by atoms with Crippen molar-refractivity contribution < 1.29 is 17.9 Å². The highest BCUT2D eigenvalue weighted by Gasteiger charge is 2.34. The molecule has 0 radical (unpaired) electrons. The second-order valence-electron chi connectivity index (χ2n) is 4.98. The number of halogens is 3. The van der Waals surface area contributed by atoms with Gasteiger partial charge in [-0.2, -0.15) is 8.78 Å². The number of ether oxygens (including phenoxy) is 1. The minimum Gasteiger partial charge on any atom is -0.429 e. The molecular weight excluding hydrogens is 277 g/mol. The van der Waals surface area contributed by atoms with E-state index in [0.29, 0.717) is 5.56 Å². The molecule has 0 N–H and O–H groups in total. The molecule has 0 fully saturated rings. The quantitative estimate of drug-likeness (QED) is 0.735. The largest absolute Gasteiger partial charge is 0.429 e. The van der Waals surface area contributed by atoms with E-state index in [2.05, 4.69) is 4.74 Å². The zero-order valence-electron chi connectivity index (χ0n) is 12.0. The normalized spacial score (nSPS) is 11.5. The van der Waals surface area contributed by atoms with E-state index in [4.69, 9.17) is 0 Å². The molecule has 4 heteroatoms. The number of benzene rings is 2. The lowest BCUT2D eigenvalue weighted by Gasteiger charge is -2.18. The van der Waals surface area contributed by atoms with E-state index >= 15 is 0 Å². The first-order valence-electron chi connectivity index (χ1n) is 6.85. The van der Waals surface area contributed by atoms with E-state index in [0.717, 1.165) is 24.5 Å². The Morgan fingerprint density at radius 2 is 1.71 bits per heavy atom. The summed E-state index contributed by atoms with van der Waals surface area (Å²) in [5.74, 6) is -0.762. The van der Waals surface area contributed by atoms with Crippen molar-refractivity contribution in [3.05, 3.63) is 65.0 Å². The number of alkyl halides is 2. The lowest BCUT2D eigenvalue weighted by molar-refractivity contribution is -0.185. The average molecular weight is 294 g/mol. The van der Waals surface area contributed by atoms with E-state index in [-0.39, 0.29) is 11.3 Å². The number of hydrogen-bond donors (Lipinski definition) is 0. The van der Waals surface area contributed by atoms with Gasteiger partial charge >= 0.3 is 6.11 Å². The Kier molecular flexibility index (Phi) is 4.56. The molecule has 0 atom stereocenters. The molecule has 0 amide bonds. The Bertz CT molecular complexity index is 606. The molecule has 2 rings (SSSR count). The maximum Gasteiger partial charge on any atom is 0.426 e. The van der Waals surface area contributed by atoms with Gasteiger partial charge in [0.05, 0.1) is 5.56 Å². The van der Waals surface area contributed by atoms with Gasteiger partial charge in [0, 0.05) is 6.07 Å². The van der Waals surface area contributed by atoms with Crippen LogP contribution in [-0.4, -0.2) is 0 Å². The second-order valence-corrected chi connectivity index (χ2v) is 4.98. The van der Waals surface area contributed by atoms with Crippen molar-refractivity contribution in [1.29, 1.82) is 0 Å². The molecule has 112 valence electrons. The molecule has 2 aromatic carbocycles. The van der Waals surface area contributed by atoms with Crippen molar-refractivity contribution in [2.45, 2.75) is 32.8 Å². The first-order valence-corrected chi connectivity index (χ1v) is 6.85. The predicted octanol–water partition coefficient (Wildman–Crippen LogP) is 5.21. The van der Waals surface area contributed by atoms with Crippen LogP contribution in [0.5, 0.6) is 5.75 Å². The number of aryl methyl sites for hydroxylation is 2. The lowest BCUT2D eigenvalue weighted by atomic mass is 10.1. The lowest BCUT2D eigenvalue weighted by Crippen LogP contribution is -2.22. The number of rotatable bonds is 5. The standard InChI is InChI=1S/C17H17F3O/c1-3-4-13-6-8-14(9-7-13)17(19,20)21-15-10-5-12(2)16(18)11-15/h5-11H,3-4H2,1-2H3. The fourth-order valence-corrected chi connectivity index (χ4v) is 2.00. The zero-order chi connectivity index (χ0) is 15.5. The molecule has 0 aliphatic rings. The van der Waals surface area contributed by atoms with Gasteiger partial charge in [-0.15, -0.1) is 0 Å². The van der Waals surface area contributed by atoms with Gasteiger partial charge < -0.3 is 4.74 Å². The van der Waals surface area contributed by atoms with Gasteiger partial charge in [-0.25, -0.2) is 4.39 Å². The first kappa shape index (κ1) is 15.4. The summed E-state index contributed by atoms with van der Waals surface area (Å²) in [5, 5.41) is 0. The third-order valence-corrected chi connectivity index (χ3v) is 3.22. The highest BCUT2D eigenvalue weighted by atomic mass is 19.3. The van der Waals surface area contributed by atoms with Gasteiger partial charge in [0.15, 0.2) is 0 Å². The van der Waals surface area contributed by atoms with Gasteiger partial charge in [0.25, 0.3) is 0 Å². The summed E-state index contributed by atoms with van der Waals surface area (Å²) >= 11 is 0. The minimum absolute atomic E-state index is 0.194. The van der Waals surface area contributed by atoms with Crippen molar-refractivity contribution >= 4 is 0 Å². The summed E-state index contributed by atoms with van der Waals surface area (Å²) in [6.07, 6.45) is -1.70. The molecule has 21 heavy (non-hydrogen) atoms. The van der Waals surface area contributed by atoms with Gasteiger partial charge in [-0.05, 0) is 42.7 Å². The zero-order valence-corrected chi connectivity index (χ0v) is 12.0. The van der Waals surface area contributed by atoms with Gasteiger partial charge in [-0.3, -0.25) is 0 Å². The molecule has 0 spiro atoms. The van der Waals surface area contributed by atoms with E-state index < -0.39 is 11.9 Å². The smallest absolute Gasteiger partial charge is 0.426 e. The van der Waals surface area contributed by atoms with E-state index in [1.54, 1.807) is 19.1 Å². The maximum atomic E-state index is 14.0. The van der Waals surface area contributed by atoms with Crippen LogP contribution >= 0.6 is 0 Å². The maximum absolute atomic E-state index is 14.0. The van der Waals surface area contributed by atoms with E-state index in [9.17, 15) is 13.2 Å². The summed E-state index contributed by atoms with van der Waals surface area (Å²) in [4.78, 5) is 0. The average Bonchev–Trinajstić information content (AvgIpc) is 2.44. The third kappa shape index (κ3) is 3.78. The van der Waals surface area contributed by atoms with Crippen LogP contribution in [-0.2, 0) is 12.5 Å². The van der Waals surface area contributed by atoms with Gasteiger partial charge in [0.1, 0.15) is 11.6 Å². The first-order chi connectivity index (χ1) is 9.92. The fraction of sp³-hybridized carbons (Fsp3) is 0.294. The predicted molar refractivity (Wildman–Crippen MR) is 76.1 cm³/mol. The third-order valence-electron chi connectivity index (χ3n) is 3.22. The van der Waals surface area contributed by atoms with E-state index in [1.165, 1.54) is 24.3 Å². The molecule has 0 unspecified atom stereocenters.